The Hall–Kier alpha value is -1.26. The van der Waals surface area contributed by atoms with Crippen LogP contribution in [0.5, 0.6) is 0 Å². The average molecular weight is 278 g/mol. The van der Waals surface area contributed by atoms with Crippen molar-refractivity contribution in [2.45, 2.75) is 12.5 Å². The Bertz CT molecular complexity index is 442. The van der Waals surface area contributed by atoms with Crippen molar-refractivity contribution in [2.24, 2.45) is 5.73 Å². The topological polar surface area (TPSA) is 51.8 Å². The number of rotatable bonds is 3. The molecule has 16 heavy (non-hydrogen) atoms. The van der Waals surface area contributed by atoms with E-state index in [0.717, 1.165) is 16.5 Å². The highest BCUT2D eigenvalue weighted by Gasteiger charge is 2.06. The van der Waals surface area contributed by atoms with Crippen LogP contribution in [0.4, 0.5) is 0 Å². The third-order valence-electron chi connectivity index (χ3n) is 2.40. The van der Waals surface area contributed by atoms with Gasteiger partial charge in [-0.1, -0.05) is 28.1 Å². The first-order valence-corrected chi connectivity index (χ1v) is 5.81. The van der Waals surface area contributed by atoms with E-state index in [1.165, 1.54) is 5.56 Å². The van der Waals surface area contributed by atoms with Crippen molar-refractivity contribution in [3.05, 3.63) is 58.3 Å². The lowest BCUT2D eigenvalue weighted by molar-refractivity contribution is 0.712. The van der Waals surface area contributed by atoms with Crippen LogP contribution in [0.3, 0.4) is 0 Å². The number of hydrogen-bond acceptors (Lipinski definition) is 3. The minimum Gasteiger partial charge on any atom is -0.324 e. The molecule has 0 fully saturated rings. The Morgan fingerprint density at radius 3 is 2.50 bits per heavy atom. The van der Waals surface area contributed by atoms with Crippen LogP contribution in [0.25, 0.3) is 0 Å². The first-order valence-electron chi connectivity index (χ1n) is 5.02. The number of nitrogens with two attached hydrogens (primary N) is 1. The van der Waals surface area contributed by atoms with Crippen molar-refractivity contribution in [2.75, 3.05) is 0 Å². The summed E-state index contributed by atoms with van der Waals surface area (Å²) in [7, 11) is 0. The molecule has 0 amide bonds. The molecule has 0 bridgehead atoms. The first kappa shape index (κ1) is 11.2. The molecule has 0 radical (unpaired) electrons. The van der Waals surface area contributed by atoms with Crippen LogP contribution in [-0.4, -0.2) is 10.2 Å². The zero-order chi connectivity index (χ0) is 11.4. The smallest absolute Gasteiger partial charge is 0.0544 e. The molecule has 2 N–H and O–H groups in total. The molecule has 1 aromatic carbocycles. The summed E-state index contributed by atoms with van der Waals surface area (Å²) in [5.41, 5.74) is 8.31. The number of benzene rings is 1. The maximum atomic E-state index is 6.09. The lowest BCUT2D eigenvalue weighted by atomic mass is 10.0. The summed E-state index contributed by atoms with van der Waals surface area (Å²) in [6, 6.07) is 10.0. The Balaban J connectivity index is 2.08. The van der Waals surface area contributed by atoms with Crippen LogP contribution in [0.15, 0.2) is 47.2 Å². The van der Waals surface area contributed by atoms with Crippen LogP contribution < -0.4 is 5.73 Å². The predicted molar refractivity (Wildman–Crippen MR) is 66.8 cm³/mol. The molecular formula is C12H12BrN3. The quantitative estimate of drug-likeness (QED) is 0.938. The van der Waals surface area contributed by atoms with Gasteiger partial charge in [0.1, 0.15) is 0 Å². The number of aromatic nitrogens is 2. The highest BCUT2D eigenvalue weighted by molar-refractivity contribution is 9.10. The molecular weight excluding hydrogens is 266 g/mol. The third-order valence-corrected chi connectivity index (χ3v) is 2.93. The molecule has 3 nitrogen and oxygen atoms in total. The van der Waals surface area contributed by atoms with Gasteiger partial charge in [0, 0.05) is 16.7 Å². The van der Waals surface area contributed by atoms with Crippen molar-refractivity contribution < 1.29 is 0 Å². The molecule has 1 heterocycles. The number of nitrogens with zero attached hydrogens (tertiary/aromatic N) is 2. The SMILES string of the molecule is NC(Cc1ccc(Br)cc1)c1ccnnc1. The molecule has 0 saturated heterocycles. The van der Waals surface area contributed by atoms with Crippen LogP contribution in [0, 0.1) is 0 Å². The Morgan fingerprint density at radius 2 is 1.88 bits per heavy atom. The van der Waals surface area contributed by atoms with Gasteiger partial charge in [-0.3, -0.25) is 0 Å². The van der Waals surface area contributed by atoms with Crippen molar-refractivity contribution >= 4 is 15.9 Å². The Morgan fingerprint density at radius 1 is 1.12 bits per heavy atom. The van der Waals surface area contributed by atoms with Gasteiger partial charge in [-0.05, 0) is 35.7 Å². The number of hydrogen-bond donors (Lipinski definition) is 1. The van der Waals surface area contributed by atoms with E-state index in [0.29, 0.717) is 0 Å². The molecule has 0 aliphatic heterocycles. The normalized spacial score (nSPS) is 12.4. The summed E-state index contributed by atoms with van der Waals surface area (Å²) in [5.74, 6) is 0. The zero-order valence-electron chi connectivity index (χ0n) is 8.68. The van der Waals surface area contributed by atoms with Gasteiger partial charge in [0.25, 0.3) is 0 Å². The Labute approximate surface area is 103 Å². The number of halogens is 1. The van der Waals surface area contributed by atoms with Gasteiger partial charge in [-0.2, -0.15) is 10.2 Å². The van der Waals surface area contributed by atoms with E-state index < -0.39 is 0 Å². The average Bonchev–Trinajstić information content (AvgIpc) is 2.33. The molecule has 2 rings (SSSR count). The van der Waals surface area contributed by atoms with Crippen molar-refractivity contribution in [3.8, 4) is 0 Å². The second kappa shape index (κ2) is 5.18. The Kier molecular flexibility index (Phi) is 3.64. The van der Waals surface area contributed by atoms with Gasteiger partial charge in [-0.15, -0.1) is 0 Å². The lowest BCUT2D eigenvalue weighted by Gasteiger charge is -2.11. The van der Waals surface area contributed by atoms with Gasteiger partial charge in [0.15, 0.2) is 0 Å². The van der Waals surface area contributed by atoms with Crippen LogP contribution in [0.1, 0.15) is 17.2 Å². The lowest BCUT2D eigenvalue weighted by Crippen LogP contribution is -2.13. The summed E-state index contributed by atoms with van der Waals surface area (Å²) >= 11 is 3.41. The van der Waals surface area contributed by atoms with Gasteiger partial charge in [0.2, 0.25) is 0 Å². The van der Waals surface area contributed by atoms with Gasteiger partial charge in [-0.25, -0.2) is 0 Å². The van der Waals surface area contributed by atoms with E-state index in [4.69, 9.17) is 5.73 Å². The largest absolute Gasteiger partial charge is 0.324 e. The summed E-state index contributed by atoms with van der Waals surface area (Å²) in [6.07, 6.45) is 4.18. The van der Waals surface area contributed by atoms with Crippen molar-refractivity contribution in [1.82, 2.24) is 10.2 Å². The highest BCUT2D eigenvalue weighted by atomic mass is 79.9. The monoisotopic (exact) mass is 277 g/mol. The summed E-state index contributed by atoms with van der Waals surface area (Å²) in [4.78, 5) is 0. The van der Waals surface area contributed by atoms with Crippen LogP contribution in [-0.2, 0) is 6.42 Å². The second-order valence-corrected chi connectivity index (χ2v) is 4.53. The fourth-order valence-corrected chi connectivity index (χ4v) is 1.78. The predicted octanol–water partition coefficient (Wildman–Crippen LogP) is 2.48. The summed E-state index contributed by atoms with van der Waals surface area (Å²) in [5, 5.41) is 7.56. The molecule has 2 aromatic rings. The van der Waals surface area contributed by atoms with Crippen LogP contribution >= 0.6 is 15.9 Å². The van der Waals surface area contributed by atoms with E-state index in [1.54, 1.807) is 12.4 Å². The minimum atomic E-state index is -0.0309. The summed E-state index contributed by atoms with van der Waals surface area (Å²) in [6.45, 7) is 0. The maximum Gasteiger partial charge on any atom is 0.0544 e. The molecule has 1 atom stereocenters. The molecule has 1 unspecified atom stereocenters. The maximum absolute atomic E-state index is 6.09. The van der Waals surface area contributed by atoms with Crippen LogP contribution in [0.2, 0.25) is 0 Å². The van der Waals surface area contributed by atoms with E-state index in [9.17, 15) is 0 Å². The van der Waals surface area contributed by atoms with E-state index in [2.05, 4.69) is 38.3 Å². The van der Waals surface area contributed by atoms with E-state index >= 15 is 0 Å². The molecule has 1 aromatic heterocycles. The molecule has 0 aliphatic carbocycles. The fraction of sp³-hybridized carbons (Fsp3) is 0.167. The third kappa shape index (κ3) is 2.87. The highest BCUT2D eigenvalue weighted by Crippen LogP contribution is 2.16. The molecule has 0 spiro atoms. The summed E-state index contributed by atoms with van der Waals surface area (Å²) < 4.78 is 1.08. The zero-order valence-corrected chi connectivity index (χ0v) is 10.3. The van der Waals surface area contributed by atoms with Crippen molar-refractivity contribution in [3.63, 3.8) is 0 Å². The van der Waals surface area contributed by atoms with Gasteiger partial charge >= 0.3 is 0 Å². The van der Waals surface area contributed by atoms with Crippen molar-refractivity contribution in [1.29, 1.82) is 0 Å². The minimum absolute atomic E-state index is 0.0309. The van der Waals surface area contributed by atoms with Gasteiger partial charge < -0.3 is 5.73 Å². The fourth-order valence-electron chi connectivity index (χ4n) is 1.51. The molecule has 4 heteroatoms. The first-order chi connectivity index (χ1) is 7.75. The second-order valence-electron chi connectivity index (χ2n) is 3.61. The standard InChI is InChI=1S/C12H12BrN3/c13-11-3-1-9(2-4-11)7-12(14)10-5-6-15-16-8-10/h1-6,8,12H,7,14H2. The molecule has 82 valence electrons. The molecule has 0 aliphatic rings. The van der Waals surface area contributed by atoms with Gasteiger partial charge in [0.05, 0.1) is 6.20 Å². The van der Waals surface area contributed by atoms with E-state index in [-0.39, 0.29) is 6.04 Å². The molecule has 0 saturated carbocycles. The van der Waals surface area contributed by atoms with E-state index in [1.807, 2.05) is 18.2 Å².